The molecule has 0 aliphatic heterocycles. The fraction of sp³-hybridized carbons (Fsp3) is 0.889. The zero-order valence-electron chi connectivity index (χ0n) is 9.60. The fourth-order valence-electron chi connectivity index (χ4n) is 1.23. The molecule has 1 atom stereocenters. The van der Waals surface area contributed by atoms with E-state index < -0.39 is 0 Å². The van der Waals surface area contributed by atoms with Crippen LogP contribution in [0, 0.1) is 0 Å². The number of nitrogens with two attached hydrogens (primary N) is 1. The minimum atomic E-state index is -0.00699. The molecule has 5 heteroatoms. The van der Waals surface area contributed by atoms with Crippen LogP contribution in [0.2, 0.25) is 0 Å². The topological polar surface area (TPSA) is 52.8 Å². The van der Waals surface area contributed by atoms with Gasteiger partial charge in [-0.3, -0.25) is 9.69 Å². The minimum Gasteiger partial charge on any atom is -0.327 e. The van der Waals surface area contributed by atoms with Crippen molar-refractivity contribution in [1.82, 2.24) is 14.7 Å². The Kier molecular flexibility index (Phi) is 6.44. The number of amides is 1. The van der Waals surface area contributed by atoms with Crippen molar-refractivity contribution < 1.29 is 4.79 Å². The zero-order chi connectivity index (χ0) is 11.1. The van der Waals surface area contributed by atoms with Gasteiger partial charge in [-0.05, 0) is 28.2 Å². The molecule has 0 spiro atoms. The Morgan fingerprint density at radius 1 is 1.21 bits per heavy atom. The highest BCUT2D eigenvalue weighted by Gasteiger charge is 2.16. The summed E-state index contributed by atoms with van der Waals surface area (Å²) < 4.78 is 0. The van der Waals surface area contributed by atoms with Crippen LogP contribution in [0.25, 0.3) is 0 Å². The summed E-state index contributed by atoms with van der Waals surface area (Å²) >= 11 is 0. The molecule has 0 aromatic rings. The predicted octanol–water partition coefficient (Wildman–Crippen LogP) is -1.15. The van der Waals surface area contributed by atoms with Gasteiger partial charge in [0.05, 0.1) is 6.17 Å². The summed E-state index contributed by atoms with van der Waals surface area (Å²) in [5.74, 6) is 0. The molecule has 1 unspecified atom stereocenters. The monoisotopic (exact) mass is 202 g/mol. The van der Waals surface area contributed by atoms with Crippen LogP contribution < -0.4 is 5.73 Å². The standard InChI is InChI=1S/C9H22N4O/c1-11(2)5-6-13(8-14)9(7-10)12(3)4/h8-9H,5-7,10H2,1-4H3. The second-order valence-corrected chi connectivity index (χ2v) is 3.83. The van der Waals surface area contributed by atoms with Gasteiger partial charge in [-0.2, -0.15) is 0 Å². The number of likely N-dealkylation sites (N-methyl/N-ethyl adjacent to an activating group) is 2. The van der Waals surface area contributed by atoms with Crippen molar-refractivity contribution in [2.24, 2.45) is 5.73 Å². The Labute approximate surface area is 86.4 Å². The van der Waals surface area contributed by atoms with E-state index >= 15 is 0 Å². The third kappa shape index (κ3) is 4.55. The molecule has 2 N–H and O–H groups in total. The lowest BCUT2D eigenvalue weighted by atomic mass is 10.3. The first-order chi connectivity index (χ1) is 6.52. The summed E-state index contributed by atoms with van der Waals surface area (Å²) in [4.78, 5) is 16.6. The Balaban J connectivity index is 4.15. The smallest absolute Gasteiger partial charge is 0.211 e. The Bertz CT molecular complexity index is 161. The van der Waals surface area contributed by atoms with E-state index in [9.17, 15) is 4.79 Å². The van der Waals surface area contributed by atoms with E-state index in [-0.39, 0.29) is 6.17 Å². The minimum absolute atomic E-state index is 0.00699. The van der Waals surface area contributed by atoms with E-state index in [4.69, 9.17) is 5.73 Å². The number of rotatable bonds is 7. The van der Waals surface area contributed by atoms with Crippen molar-refractivity contribution in [3.63, 3.8) is 0 Å². The molecule has 14 heavy (non-hydrogen) atoms. The Morgan fingerprint density at radius 3 is 2.07 bits per heavy atom. The van der Waals surface area contributed by atoms with Crippen LogP contribution in [-0.2, 0) is 4.79 Å². The average molecular weight is 202 g/mol. The summed E-state index contributed by atoms with van der Waals surface area (Å²) in [6, 6.07) is 0. The van der Waals surface area contributed by atoms with Gasteiger partial charge in [0.25, 0.3) is 0 Å². The summed E-state index contributed by atoms with van der Waals surface area (Å²) in [5, 5.41) is 0. The molecule has 0 saturated heterocycles. The number of hydrogen-bond acceptors (Lipinski definition) is 4. The summed E-state index contributed by atoms with van der Waals surface area (Å²) in [6.07, 6.45) is 0.855. The molecule has 0 fully saturated rings. The summed E-state index contributed by atoms with van der Waals surface area (Å²) in [5.41, 5.74) is 5.60. The van der Waals surface area contributed by atoms with Gasteiger partial charge in [0, 0.05) is 19.6 Å². The average Bonchev–Trinajstić information content (AvgIpc) is 2.10. The van der Waals surface area contributed by atoms with E-state index in [1.807, 2.05) is 38.0 Å². The molecule has 0 radical (unpaired) electrons. The van der Waals surface area contributed by atoms with Crippen LogP contribution >= 0.6 is 0 Å². The van der Waals surface area contributed by atoms with Crippen LogP contribution in [0.4, 0.5) is 0 Å². The van der Waals surface area contributed by atoms with Gasteiger partial charge < -0.3 is 15.5 Å². The largest absolute Gasteiger partial charge is 0.327 e. The zero-order valence-corrected chi connectivity index (χ0v) is 9.60. The summed E-state index contributed by atoms with van der Waals surface area (Å²) in [7, 11) is 7.81. The van der Waals surface area contributed by atoms with Gasteiger partial charge in [-0.15, -0.1) is 0 Å². The Hall–Kier alpha value is -0.650. The van der Waals surface area contributed by atoms with Crippen molar-refractivity contribution in [3.8, 4) is 0 Å². The van der Waals surface area contributed by atoms with Crippen molar-refractivity contribution in [2.75, 3.05) is 47.8 Å². The molecule has 5 nitrogen and oxygen atoms in total. The molecule has 0 aromatic carbocycles. The maximum atomic E-state index is 10.8. The molecule has 0 aliphatic carbocycles. The number of carbonyl (C=O) groups is 1. The SMILES string of the molecule is CN(C)CCN(C=O)C(CN)N(C)C. The van der Waals surface area contributed by atoms with Crippen molar-refractivity contribution in [2.45, 2.75) is 6.17 Å². The van der Waals surface area contributed by atoms with E-state index in [1.54, 1.807) is 4.90 Å². The van der Waals surface area contributed by atoms with Crippen LogP contribution in [0.3, 0.4) is 0 Å². The normalized spacial score (nSPS) is 13.4. The maximum absolute atomic E-state index is 10.8. The fourth-order valence-corrected chi connectivity index (χ4v) is 1.23. The van der Waals surface area contributed by atoms with E-state index in [1.165, 1.54) is 0 Å². The van der Waals surface area contributed by atoms with Gasteiger partial charge in [0.15, 0.2) is 0 Å². The van der Waals surface area contributed by atoms with Crippen LogP contribution in [0.1, 0.15) is 0 Å². The lowest BCUT2D eigenvalue weighted by Gasteiger charge is -2.33. The molecule has 0 aliphatic rings. The highest BCUT2D eigenvalue weighted by atomic mass is 16.1. The number of hydrogen-bond donors (Lipinski definition) is 1. The van der Waals surface area contributed by atoms with Gasteiger partial charge in [-0.1, -0.05) is 0 Å². The van der Waals surface area contributed by atoms with E-state index in [0.29, 0.717) is 13.1 Å². The second kappa shape index (κ2) is 6.75. The maximum Gasteiger partial charge on any atom is 0.211 e. The van der Waals surface area contributed by atoms with E-state index in [2.05, 4.69) is 0 Å². The van der Waals surface area contributed by atoms with Crippen LogP contribution in [0.5, 0.6) is 0 Å². The quantitative estimate of drug-likeness (QED) is 0.418. The highest BCUT2D eigenvalue weighted by Crippen LogP contribution is 1.98. The highest BCUT2D eigenvalue weighted by molar-refractivity contribution is 5.47. The van der Waals surface area contributed by atoms with Crippen LogP contribution in [0.15, 0.2) is 0 Å². The third-order valence-corrected chi connectivity index (χ3v) is 2.13. The number of nitrogens with zero attached hydrogens (tertiary/aromatic N) is 3. The Morgan fingerprint density at radius 2 is 1.79 bits per heavy atom. The molecule has 0 aromatic heterocycles. The number of carbonyl (C=O) groups excluding carboxylic acids is 1. The van der Waals surface area contributed by atoms with Gasteiger partial charge in [-0.25, -0.2) is 0 Å². The van der Waals surface area contributed by atoms with Gasteiger partial charge in [0.2, 0.25) is 6.41 Å². The van der Waals surface area contributed by atoms with Crippen molar-refractivity contribution in [3.05, 3.63) is 0 Å². The van der Waals surface area contributed by atoms with Crippen molar-refractivity contribution in [1.29, 1.82) is 0 Å². The molecule has 0 heterocycles. The predicted molar refractivity (Wildman–Crippen MR) is 57.9 cm³/mol. The summed E-state index contributed by atoms with van der Waals surface area (Å²) in [6.45, 7) is 2.01. The van der Waals surface area contributed by atoms with E-state index in [0.717, 1.165) is 13.0 Å². The lowest BCUT2D eigenvalue weighted by molar-refractivity contribution is -0.123. The first-order valence-electron chi connectivity index (χ1n) is 4.75. The molecule has 0 saturated carbocycles. The second-order valence-electron chi connectivity index (χ2n) is 3.83. The lowest BCUT2D eigenvalue weighted by Crippen LogP contribution is -2.50. The molecular formula is C9H22N4O. The molecule has 0 rings (SSSR count). The van der Waals surface area contributed by atoms with Gasteiger partial charge in [0.1, 0.15) is 0 Å². The molecule has 1 amide bonds. The van der Waals surface area contributed by atoms with Crippen LogP contribution in [-0.4, -0.2) is 75.1 Å². The van der Waals surface area contributed by atoms with Gasteiger partial charge >= 0.3 is 0 Å². The first kappa shape index (κ1) is 13.4. The molecule has 0 bridgehead atoms. The first-order valence-corrected chi connectivity index (χ1v) is 4.75. The van der Waals surface area contributed by atoms with Crippen molar-refractivity contribution >= 4 is 6.41 Å². The molecular weight excluding hydrogens is 180 g/mol. The third-order valence-electron chi connectivity index (χ3n) is 2.13. The molecule has 84 valence electrons.